The minimum absolute atomic E-state index is 0.0590. The van der Waals surface area contributed by atoms with E-state index in [1.807, 2.05) is 44.4 Å². The van der Waals surface area contributed by atoms with Crippen molar-refractivity contribution in [1.82, 2.24) is 25.2 Å². The monoisotopic (exact) mass is 378 g/mol. The van der Waals surface area contributed by atoms with Crippen molar-refractivity contribution >= 4 is 23.2 Å². The molecular weight excluding hydrogens is 352 g/mol. The Balaban J connectivity index is 1.53. The Hall–Kier alpha value is -2.96. The molecule has 0 bridgehead atoms. The predicted molar refractivity (Wildman–Crippen MR) is 109 cm³/mol. The van der Waals surface area contributed by atoms with Crippen LogP contribution in [0.1, 0.15) is 50.9 Å². The number of rotatable bonds is 4. The molecule has 2 N–H and O–H groups in total. The van der Waals surface area contributed by atoms with Gasteiger partial charge in [-0.1, -0.05) is 32.9 Å². The van der Waals surface area contributed by atoms with Crippen molar-refractivity contribution in [3.8, 4) is 0 Å². The standard InChI is InChI=1S/C21H26N6O/c1-20(2)15(18-24-16-7-5-6-8-17(16)25-18)9-10-21(20,3)19(28)26-22-11-14-12-23-27(4)13-14/h5-8,11-13,15H,9-10H2,1-4H3,(H,24,25)(H,26,28)/b22-11-/t15-,21-/m0/s1. The van der Waals surface area contributed by atoms with Crippen LogP contribution in [-0.4, -0.2) is 31.9 Å². The number of imidazole rings is 1. The molecule has 1 aliphatic rings. The summed E-state index contributed by atoms with van der Waals surface area (Å²) in [4.78, 5) is 21.3. The van der Waals surface area contributed by atoms with Crippen molar-refractivity contribution in [2.24, 2.45) is 23.0 Å². The lowest BCUT2D eigenvalue weighted by atomic mass is 9.65. The molecule has 7 heteroatoms. The number of amides is 1. The van der Waals surface area contributed by atoms with Crippen LogP contribution in [0, 0.1) is 10.8 Å². The van der Waals surface area contributed by atoms with E-state index in [9.17, 15) is 4.79 Å². The summed E-state index contributed by atoms with van der Waals surface area (Å²) in [5, 5.41) is 8.23. The van der Waals surface area contributed by atoms with Gasteiger partial charge in [-0.25, -0.2) is 10.4 Å². The van der Waals surface area contributed by atoms with Crippen molar-refractivity contribution in [3.05, 3.63) is 48.0 Å². The molecule has 3 aromatic rings. The lowest BCUT2D eigenvalue weighted by Crippen LogP contribution is -2.45. The van der Waals surface area contributed by atoms with Gasteiger partial charge < -0.3 is 4.98 Å². The van der Waals surface area contributed by atoms with Gasteiger partial charge >= 0.3 is 0 Å². The number of benzene rings is 1. The van der Waals surface area contributed by atoms with E-state index in [1.165, 1.54) is 0 Å². The lowest BCUT2D eigenvalue weighted by Gasteiger charge is -2.39. The molecule has 0 spiro atoms. The molecule has 4 rings (SSSR count). The van der Waals surface area contributed by atoms with Crippen LogP contribution in [0.25, 0.3) is 11.0 Å². The maximum absolute atomic E-state index is 13.1. The molecule has 0 saturated heterocycles. The Morgan fingerprint density at radius 3 is 2.86 bits per heavy atom. The first-order chi connectivity index (χ1) is 13.3. The fraction of sp³-hybridized carbons (Fsp3) is 0.429. The van der Waals surface area contributed by atoms with E-state index in [4.69, 9.17) is 4.98 Å². The van der Waals surface area contributed by atoms with Gasteiger partial charge in [-0.3, -0.25) is 9.48 Å². The fourth-order valence-electron chi connectivity index (χ4n) is 4.32. The lowest BCUT2D eigenvalue weighted by molar-refractivity contribution is -0.135. The van der Waals surface area contributed by atoms with Gasteiger partial charge in [-0.15, -0.1) is 0 Å². The molecule has 2 aromatic heterocycles. The second kappa shape index (κ2) is 6.58. The number of fused-ring (bicyclic) bond motifs is 1. The van der Waals surface area contributed by atoms with E-state index in [0.29, 0.717) is 0 Å². The van der Waals surface area contributed by atoms with E-state index in [1.54, 1.807) is 17.1 Å². The summed E-state index contributed by atoms with van der Waals surface area (Å²) in [5.74, 6) is 1.08. The quantitative estimate of drug-likeness (QED) is 0.539. The summed E-state index contributed by atoms with van der Waals surface area (Å²) in [5.41, 5.74) is 4.78. The maximum atomic E-state index is 13.1. The van der Waals surface area contributed by atoms with Crippen LogP contribution < -0.4 is 5.43 Å². The van der Waals surface area contributed by atoms with Gasteiger partial charge in [-0.05, 0) is 30.4 Å². The number of H-pyrrole nitrogens is 1. The molecule has 1 amide bonds. The summed E-state index contributed by atoms with van der Waals surface area (Å²) in [6.45, 7) is 6.34. The van der Waals surface area contributed by atoms with E-state index < -0.39 is 5.41 Å². The van der Waals surface area contributed by atoms with Crippen LogP contribution in [0.4, 0.5) is 0 Å². The third-order valence-corrected chi connectivity index (χ3v) is 6.57. The highest BCUT2D eigenvalue weighted by molar-refractivity contribution is 5.86. The maximum Gasteiger partial charge on any atom is 0.246 e. The zero-order valence-electron chi connectivity index (χ0n) is 16.7. The van der Waals surface area contributed by atoms with Gasteiger partial charge in [-0.2, -0.15) is 10.2 Å². The molecule has 1 fully saturated rings. The fourth-order valence-corrected chi connectivity index (χ4v) is 4.32. The number of nitrogens with one attached hydrogen (secondary N) is 2. The Morgan fingerprint density at radius 1 is 1.36 bits per heavy atom. The number of hydrazone groups is 1. The number of carbonyl (C=O) groups is 1. The number of aryl methyl sites for hydroxylation is 1. The van der Waals surface area contributed by atoms with Crippen LogP contribution in [0.2, 0.25) is 0 Å². The average Bonchev–Trinajstić information content (AvgIpc) is 3.32. The highest BCUT2D eigenvalue weighted by Crippen LogP contribution is 2.59. The third kappa shape index (κ3) is 2.91. The second-order valence-electron chi connectivity index (χ2n) is 8.43. The van der Waals surface area contributed by atoms with Gasteiger partial charge in [0.1, 0.15) is 5.82 Å². The zero-order valence-corrected chi connectivity index (χ0v) is 16.7. The number of carbonyl (C=O) groups excluding carboxylic acids is 1. The molecule has 146 valence electrons. The molecule has 2 heterocycles. The van der Waals surface area contributed by atoms with Crippen molar-refractivity contribution < 1.29 is 4.79 Å². The summed E-state index contributed by atoms with van der Waals surface area (Å²) in [7, 11) is 1.84. The Kier molecular flexibility index (Phi) is 4.33. The molecule has 0 radical (unpaired) electrons. The largest absolute Gasteiger partial charge is 0.342 e. The number of aromatic nitrogens is 4. The van der Waals surface area contributed by atoms with Crippen molar-refractivity contribution in [2.75, 3.05) is 0 Å². The number of nitrogens with zero attached hydrogens (tertiary/aromatic N) is 4. The van der Waals surface area contributed by atoms with Crippen molar-refractivity contribution in [1.29, 1.82) is 0 Å². The highest BCUT2D eigenvalue weighted by atomic mass is 16.2. The zero-order chi connectivity index (χ0) is 19.9. The normalized spacial score (nSPS) is 24.2. The Bertz CT molecular complexity index is 1010. The smallest absolute Gasteiger partial charge is 0.246 e. The first kappa shape index (κ1) is 18.4. The van der Waals surface area contributed by atoms with Gasteiger partial charge in [0, 0.05) is 24.7 Å². The number of hydrogen-bond donors (Lipinski definition) is 2. The highest BCUT2D eigenvalue weighted by Gasteiger charge is 2.57. The van der Waals surface area contributed by atoms with Gasteiger partial charge in [0.2, 0.25) is 5.91 Å². The SMILES string of the molecule is Cn1cc(/C=N\NC(=O)[C@]2(C)CC[C@@H](c3nc4ccccc4[nH]3)C2(C)C)cn1. The number of aromatic amines is 1. The average molecular weight is 378 g/mol. The first-order valence-electron chi connectivity index (χ1n) is 9.58. The molecule has 28 heavy (non-hydrogen) atoms. The van der Waals surface area contributed by atoms with Crippen LogP contribution >= 0.6 is 0 Å². The second-order valence-corrected chi connectivity index (χ2v) is 8.43. The predicted octanol–water partition coefficient (Wildman–Crippen LogP) is 3.36. The van der Waals surface area contributed by atoms with E-state index in [-0.39, 0.29) is 17.2 Å². The summed E-state index contributed by atoms with van der Waals surface area (Å²) < 4.78 is 1.70. The third-order valence-electron chi connectivity index (χ3n) is 6.57. The molecule has 0 aliphatic heterocycles. The van der Waals surface area contributed by atoms with E-state index in [0.717, 1.165) is 35.3 Å². The first-order valence-corrected chi connectivity index (χ1v) is 9.58. The van der Waals surface area contributed by atoms with Gasteiger partial charge in [0.05, 0.1) is 28.9 Å². The topological polar surface area (TPSA) is 88.0 Å². The van der Waals surface area contributed by atoms with Crippen molar-refractivity contribution in [3.63, 3.8) is 0 Å². The van der Waals surface area contributed by atoms with E-state index in [2.05, 4.69) is 34.5 Å². The minimum atomic E-state index is -0.539. The molecule has 1 aliphatic carbocycles. The van der Waals surface area contributed by atoms with Crippen LogP contribution in [0.15, 0.2) is 41.8 Å². The Labute approximate surface area is 164 Å². The van der Waals surface area contributed by atoms with Gasteiger partial charge in [0.15, 0.2) is 0 Å². The molecule has 0 unspecified atom stereocenters. The van der Waals surface area contributed by atoms with E-state index >= 15 is 0 Å². The molecule has 1 aromatic carbocycles. The molecule has 7 nitrogen and oxygen atoms in total. The molecular formula is C21H26N6O. The van der Waals surface area contributed by atoms with Crippen LogP contribution in [0.5, 0.6) is 0 Å². The van der Waals surface area contributed by atoms with Crippen LogP contribution in [-0.2, 0) is 11.8 Å². The van der Waals surface area contributed by atoms with Crippen molar-refractivity contribution in [2.45, 2.75) is 39.5 Å². The summed E-state index contributed by atoms with van der Waals surface area (Å²) >= 11 is 0. The van der Waals surface area contributed by atoms with Crippen LogP contribution in [0.3, 0.4) is 0 Å². The minimum Gasteiger partial charge on any atom is -0.342 e. The number of para-hydroxylation sites is 2. The molecule has 1 saturated carbocycles. The van der Waals surface area contributed by atoms with Gasteiger partial charge in [0.25, 0.3) is 0 Å². The summed E-state index contributed by atoms with van der Waals surface area (Å²) in [6, 6.07) is 8.04. The molecule has 2 atom stereocenters. The summed E-state index contributed by atoms with van der Waals surface area (Å²) in [6.07, 6.45) is 6.86. The number of hydrogen-bond acceptors (Lipinski definition) is 4. The Morgan fingerprint density at radius 2 is 2.14 bits per heavy atom.